The molecule has 2 aliphatic heterocycles. The summed E-state index contributed by atoms with van der Waals surface area (Å²) in [4.78, 5) is 49.9. The number of aromatic nitrogens is 3. The zero-order chi connectivity index (χ0) is 26.1. The van der Waals surface area contributed by atoms with Gasteiger partial charge in [0, 0.05) is 81.3 Å². The van der Waals surface area contributed by atoms with Crippen LogP contribution in [0.2, 0.25) is 0 Å². The molecule has 0 saturated carbocycles. The van der Waals surface area contributed by atoms with Gasteiger partial charge in [-0.25, -0.2) is 9.78 Å². The van der Waals surface area contributed by atoms with Crippen LogP contribution in [-0.4, -0.2) is 80.2 Å². The van der Waals surface area contributed by atoms with E-state index in [1.54, 1.807) is 23.8 Å². The Morgan fingerprint density at radius 2 is 1.81 bits per heavy atom. The topological polar surface area (TPSA) is 124 Å². The smallest absolute Gasteiger partial charge is 0.407 e. The first-order valence-electron chi connectivity index (χ1n) is 12.5. The number of nitrogens with one attached hydrogen (secondary N) is 1. The second kappa shape index (κ2) is 10.1. The van der Waals surface area contributed by atoms with Crippen molar-refractivity contribution in [3.63, 3.8) is 0 Å². The average Bonchev–Trinajstić information content (AvgIpc) is 2.84. The fourth-order valence-electron chi connectivity index (χ4n) is 5.06. The minimum atomic E-state index is -0.903. The van der Waals surface area contributed by atoms with Crippen LogP contribution in [0, 0.1) is 5.92 Å². The molecule has 37 heavy (non-hydrogen) atoms. The molecule has 194 valence electrons. The minimum absolute atomic E-state index is 0.111. The zero-order valence-corrected chi connectivity index (χ0v) is 21.0. The molecule has 1 unspecified atom stereocenters. The van der Waals surface area contributed by atoms with Crippen molar-refractivity contribution in [3.8, 4) is 0 Å². The maximum atomic E-state index is 12.6. The lowest BCUT2D eigenvalue weighted by molar-refractivity contribution is -0.129. The van der Waals surface area contributed by atoms with Crippen LogP contribution in [0.25, 0.3) is 11.0 Å². The van der Waals surface area contributed by atoms with E-state index in [1.807, 2.05) is 29.2 Å². The highest BCUT2D eigenvalue weighted by Gasteiger charge is 2.30. The summed E-state index contributed by atoms with van der Waals surface area (Å²) in [5.74, 6) is 0.743. The Bertz CT molecular complexity index is 1370. The summed E-state index contributed by atoms with van der Waals surface area (Å²) in [6.07, 6.45) is 1.50. The number of hydrogen-bond acceptors (Lipinski definition) is 7. The molecular formula is C26H31N7O4. The Balaban J connectivity index is 1.28. The lowest BCUT2D eigenvalue weighted by atomic mass is 9.97. The summed E-state index contributed by atoms with van der Waals surface area (Å²) in [5, 5.41) is 13.0. The normalized spacial score (nSPS) is 18.1. The van der Waals surface area contributed by atoms with Crippen molar-refractivity contribution in [3.05, 3.63) is 52.9 Å². The average molecular weight is 506 g/mol. The van der Waals surface area contributed by atoms with Crippen LogP contribution in [0.3, 0.4) is 0 Å². The molecule has 5 rings (SSSR count). The largest absolute Gasteiger partial charge is 0.465 e. The van der Waals surface area contributed by atoms with Crippen molar-refractivity contribution in [2.24, 2.45) is 5.92 Å². The second-order valence-corrected chi connectivity index (χ2v) is 9.82. The number of likely N-dealkylation sites (tertiary alicyclic amines) is 1. The molecule has 3 aromatic rings. The first-order valence-corrected chi connectivity index (χ1v) is 12.5. The number of benzene rings is 1. The van der Waals surface area contributed by atoms with E-state index < -0.39 is 6.09 Å². The third-order valence-electron chi connectivity index (χ3n) is 7.24. The van der Waals surface area contributed by atoms with E-state index in [0.717, 1.165) is 23.3 Å². The molecule has 0 radical (unpaired) electrons. The number of pyridine rings is 1. The molecule has 4 heterocycles. The van der Waals surface area contributed by atoms with Crippen LogP contribution in [0.4, 0.5) is 22.1 Å². The molecule has 2 saturated heterocycles. The monoisotopic (exact) mass is 505 g/mol. The number of carbonyl (C=O) groups excluding carboxylic acids is 1. The summed E-state index contributed by atoms with van der Waals surface area (Å²) in [5.41, 5.74) is 2.32. The number of carboxylic acid groups (broad SMARTS) is 1. The van der Waals surface area contributed by atoms with Crippen molar-refractivity contribution in [2.45, 2.75) is 32.9 Å². The maximum absolute atomic E-state index is 12.6. The minimum Gasteiger partial charge on any atom is -0.465 e. The zero-order valence-electron chi connectivity index (χ0n) is 21.0. The lowest BCUT2D eigenvalue weighted by Crippen LogP contribution is -2.53. The van der Waals surface area contributed by atoms with Crippen molar-refractivity contribution < 1.29 is 14.7 Å². The van der Waals surface area contributed by atoms with Crippen molar-refractivity contribution in [1.82, 2.24) is 24.3 Å². The first-order chi connectivity index (χ1) is 17.8. The molecule has 1 aromatic carbocycles. The number of hydrogen-bond donors (Lipinski definition) is 2. The number of rotatable bonds is 6. The third-order valence-corrected chi connectivity index (χ3v) is 7.24. The molecule has 2 aromatic heterocycles. The van der Waals surface area contributed by atoms with Gasteiger partial charge in [-0.1, -0.05) is 0 Å². The van der Waals surface area contributed by atoms with Crippen LogP contribution < -0.4 is 15.8 Å². The van der Waals surface area contributed by atoms with Crippen LogP contribution >= 0.6 is 0 Å². The molecule has 2 amide bonds. The van der Waals surface area contributed by atoms with E-state index in [1.165, 1.54) is 11.0 Å². The van der Waals surface area contributed by atoms with Crippen molar-refractivity contribution in [1.29, 1.82) is 0 Å². The number of piperazine rings is 1. The maximum Gasteiger partial charge on any atom is 0.407 e. The summed E-state index contributed by atoms with van der Waals surface area (Å²) in [7, 11) is 0. The lowest BCUT2D eigenvalue weighted by Gasteiger charge is -2.41. The molecule has 0 bridgehead atoms. The van der Waals surface area contributed by atoms with E-state index in [9.17, 15) is 14.4 Å². The molecule has 2 N–H and O–H groups in total. The Morgan fingerprint density at radius 1 is 1.05 bits per heavy atom. The third kappa shape index (κ3) is 5.20. The van der Waals surface area contributed by atoms with Gasteiger partial charge < -0.3 is 25.1 Å². The van der Waals surface area contributed by atoms with Gasteiger partial charge in [-0.05, 0) is 49.6 Å². The van der Waals surface area contributed by atoms with E-state index in [2.05, 4.69) is 27.1 Å². The van der Waals surface area contributed by atoms with E-state index >= 15 is 0 Å². The highest BCUT2D eigenvalue weighted by atomic mass is 16.4. The number of anilines is 3. The summed E-state index contributed by atoms with van der Waals surface area (Å²) >= 11 is 0. The van der Waals surface area contributed by atoms with E-state index in [0.29, 0.717) is 50.7 Å². The number of amides is 2. The highest BCUT2D eigenvalue weighted by molar-refractivity contribution is 5.76. The quantitative estimate of drug-likeness (QED) is 0.524. The fourth-order valence-corrected chi connectivity index (χ4v) is 5.06. The molecule has 11 heteroatoms. The number of fused-ring (bicyclic) bond motifs is 1. The Labute approximate surface area is 214 Å². The molecule has 0 spiro atoms. The van der Waals surface area contributed by atoms with Gasteiger partial charge in [-0.2, -0.15) is 4.98 Å². The molecule has 1 atom stereocenters. The number of carbonyl (C=O) groups is 2. The van der Waals surface area contributed by atoms with Crippen LogP contribution in [0.15, 0.2) is 47.4 Å². The van der Waals surface area contributed by atoms with E-state index in [-0.39, 0.29) is 23.4 Å². The standard InChI is InChI=1S/C26H31N7O4/c1-17-14-30(18(2)34)11-12-32(17)22-6-4-21(5-7-22)28-25-27-13-20-3-8-23(35)33(24(20)29-25)10-9-19-15-31(16-19)26(36)37/h3-8,13,17,19H,9-12,14-16H2,1-2H3,(H,36,37)(H,27,28,29). The second-order valence-electron chi connectivity index (χ2n) is 9.82. The van der Waals surface area contributed by atoms with Gasteiger partial charge in [-0.15, -0.1) is 0 Å². The van der Waals surface area contributed by atoms with Crippen LogP contribution in [-0.2, 0) is 11.3 Å². The molecule has 0 aliphatic carbocycles. The summed E-state index contributed by atoms with van der Waals surface area (Å²) in [6.45, 7) is 7.40. The highest BCUT2D eigenvalue weighted by Crippen LogP contribution is 2.25. The van der Waals surface area contributed by atoms with Crippen LogP contribution in [0.5, 0.6) is 0 Å². The molecule has 11 nitrogen and oxygen atoms in total. The predicted octanol–water partition coefficient (Wildman–Crippen LogP) is 2.59. The van der Waals surface area contributed by atoms with Gasteiger partial charge in [-0.3, -0.25) is 14.2 Å². The summed E-state index contributed by atoms with van der Waals surface area (Å²) < 4.78 is 1.64. The van der Waals surface area contributed by atoms with Gasteiger partial charge >= 0.3 is 6.09 Å². The number of aryl methyl sites for hydroxylation is 1. The van der Waals surface area contributed by atoms with E-state index in [4.69, 9.17) is 5.11 Å². The number of nitrogens with zero attached hydrogens (tertiary/aromatic N) is 6. The van der Waals surface area contributed by atoms with Crippen molar-refractivity contribution in [2.75, 3.05) is 42.9 Å². The molecule has 2 aliphatic rings. The SMILES string of the molecule is CC(=O)N1CCN(c2ccc(Nc3ncc4ccc(=O)n(CCC5CN(C(=O)O)C5)c4n3)cc2)C(C)C1. The summed E-state index contributed by atoms with van der Waals surface area (Å²) in [6, 6.07) is 11.5. The Hall–Kier alpha value is -4.15. The molecule has 2 fully saturated rings. The van der Waals surface area contributed by atoms with Gasteiger partial charge in [0.05, 0.1) is 0 Å². The first kappa shape index (κ1) is 24.5. The van der Waals surface area contributed by atoms with Gasteiger partial charge in [0.15, 0.2) is 0 Å². The van der Waals surface area contributed by atoms with Crippen molar-refractivity contribution >= 4 is 40.4 Å². The Morgan fingerprint density at radius 3 is 2.49 bits per heavy atom. The van der Waals surface area contributed by atoms with Gasteiger partial charge in [0.25, 0.3) is 5.56 Å². The Kier molecular flexibility index (Phi) is 6.68. The molecular weight excluding hydrogens is 474 g/mol. The predicted molar refractivity (Wildman–Crippen MR) is 140 cm³/mol. The van der Waals surface area contributed by atoms with Crippen LogP contribution in [0.1, 0.15) is 20.3 Å². The fraction of sp³-hybridized carbons (Fsp3) is 0.423. The van der Waals surface area contributed by atoms with Gasteiger partial charge in [0.2, 0.25) is 11.9 Å². The van der Waals surface area contributed by atoms with Gasteiger partial charge in [0.1, 0.15) is 5.65 Å².